The Hall–Kier alpha value is -2.35. The molecule has 1 fully saturated rings. The van der Waals surface area contributed by atoms with Crippen molar-refractivity contribution in [1.82, 2.24) is 4.90 Å². The van der Waals surface area contributed by atoms with Gasteiger partial charge in [0.1, 0.15) is 6.61 Å². The third-order valence-electron chi connectivity index (χ3n) is 4.99. The van der Waals surface area contributed by atoms with Crippen molar-refractivity contribution < 1.29 is 23.9 Å². The second kappa shape index (κ2) is 5.09. The molecule has 8 heteroatoms. The molecule has 3 aliphatic rings. The van der Waals surface area contributed by atoms with E-state index in [2.05, 4.69) is 0 Å². The second-order valence-corrected chi connectivity index (χ2v) is 5.95. The lowest BCUT2D eigenvalue weighted by Crippen LogP contribution is -2.48. The van der Waals surface area contributed by atoms with Crippen molar-refractivity contribution in [3.05, 3.63) is 22.5 Å². The van der Waals surface area contributed by atoms with Crippen molar-refractivity contribution >= 4 is 17.7 Å². The summed E-state index contributed by atoms with van der Waals surface area (Å²) in [6.07, 6.45) is 0.476. The van der Waals surface area contributed by atoms with Crippen molar-refractivity contribution in [2.75, 3.05) is 20.3 Å². The molecule has 0 aromatic heterocycles. The molecule has 0 bridgehead atoms. The number of ketones is 2. The molecular formula is C15H19N3O5. The van der Waals surface area contributed by atoms with Crippen molar-refractivity contribution in [1.29, 1.82) is 0 Å². The van der Waals surface area contributed by atoms with Crippen LogP contribution in [0.1, 0.15) is 19.8 Å². The minimum atomic E-state index is -0.941. The summed E-state index contributed by atoms with van der Waals surface area (Å²) >= 11 is 0. The number of rotatable bonds is 3. The quantitative estimate of drug-likeness (QED) is 0.689. The fourth-order valence-corrected chi connectivity index (χ4v) is 3.87. The molecule has 3 rings (SSSR count). The Morgan fingerprint density at radius 1 is 1.39 bits per heavy atom. The number of Topliss-reactive ketones (excluding diaryl/α,β-unsaturated/α-hetero) is 2. The lowest BCUT2D eigenvalue weighted by molar-refractivity contribution is -0.132. The molecule has 2 aliphatic heterocycles. The van der Waals surface area contributed by atoms with Crippen LogP contribution in [0.3, 0.4) is 0 Å². The first-order valence-electron chi connectivity index (χ1n) is 7.40. The number of fused-ring (bicyclic) bond motifs is 2. The molecule has 124 valence electrons. The van der Waals surface area contributed by atoms with Crippen molar-refractivity contribution in [3.63, 3.8) is 0 Å². The predicted molar refractivity (Wildman–Crippen MR) is 78.6 cm³/mol. The van der Waals surface area contributed by atoms with Crippen molar-refractivity contribution in [3.8, 4) is 0 Å². The van der Waals surface area contributed by atoms with E-state index < -0.39 is 23.5 Å². The summed E-state index contributed by atoms with van der Waals surface area (Å²) in [5.41, 5.74) is 10.7. The predicted octanol–water partition coefficient (Wildman–Crippen LogP) is -0.211. The number of amides is 1. The summed E-state index contributed by atoms with van der Waals surface area (Å²) in [4.78, 5) is 38.1. The van der Waals surface area contributed by atoms with E-state index in [4.69, 9.17) is 20.9 Å². The van der Waals surface area contributed by atoms with E-state index in [-0.39, 0.29) is 29.2 Å². The Balaban J connectivity index is 2.12. The molecule has 23 heavy (non-hydrogen) atoms. The number of allylic oxidation sites excluding steroid dienone is 2. The number of ether oxygens (including phenoxy) is 2. The molecule has 1 saturated heterocycles. The van der Waals surface area contributed by atoms with Gasteiger partial charge in [-0.25, -0.2) is 4.79 Å². The van der Waals surface area contributed by atoms with Gasteiger partial charge in [0.15, 0.2) is 5.72 Å². The normalized spacial score (nSPS) is 30.0. The second-order valence-electron chi connectivity index (χ2n) is 5.95. The number of carbonyl (C=O) groups is 3. The summed E-state index contributed by atoms with van der Waals surface area (Å²) in [5.74, 6) is -1.27. The van der Waals surface area contributed by atoms with Crippen LogP contribution in [-0.4, -0.2) is 48.5 Å². The lowest BCUT2D eigenvalue weighted by Gasteiger charge is -2.37. The molecule has 0 aromatic rings. The molecule has 1 amide bonds. The van der Waals surface area contributed by atoms with Crippen LogP contribution in [0.15, 0.2) is 22.5 Å². The minimum absolute atomic E-state index is 0.0646. The number of nitrogens with zero attached hydrogens (tertiary/aromatic N) is 1. The van der Waals surface area contributed by atoms with E-state index in [0.29, 0.717) is 18.7 Å². The maximum Gasteiger partial charge on any atom is 0.404 e. The summed E-state index contributed by atoms with van der Waals surface area (Å²) < 4.78 is 10.6. The summed E-state index contributed by atoms with van der Waals surface area (Å²) in [7, 11) is 1.52. The van der Waals surface area contributed by atoms with Gasteiger partial charge in [0.25, 0.3) is 0 Å². The van der Waals surface area contributed by atoms with Gasteiger partial charge in [-0.3, -0.25) is 9.59 Å². The molecule has 2 atom stereocenters. The van der Waals surface area contributed by atoms with Gasteiger partial charge in [0.05, 0.1) is 17.3 Å². The Bertz CT molecular complexity index is 681. The number of primary amides is 1. The number of methoxy groups -OCH3 is 1. The van der Waals surface area contributed by atoms with Crippen LogP contribution in [0.5, 0.6) is 0 Å². The van der Waals surface area contributed by atoms with Gasteiger partial charge in [0, 0.05) is 24.8 Å². The van der Waals surface area contributed by atoms with Crippen LogP contribution < -0.4 is 11.5 Å². The fourth-order valence-electron chi connectivity index (χ4n) is 3.87. The third-order valence-corrected chi connectivity index (χ3v) is 4.99. The van der Waals surface area contributed by atoms with Crippen molar-refractivity contribution in [2.45, 2.75) is 25.5 Å². The lowest BCUT2D eigenvalue weighted by atomic mass is 9.83. The minimum Gasteiger partial charge on any atom is -0.449 e. The van der Waals surface area contributed by atoms with Gasteiger partial charge in [-0.15, -0.1) is 0 Å². The van der Waals surface area contributed by atoms with E-state index in [0.717, 1.165) is 6.42 Å². The zero-order valence-corrected chi connectivity index (χ0v) is 13.0. The van der Waals surface area contributed by atoms with Crippen LogP contribution in [0.25, 0.3) is 0 Å². The van der Waals surface area contributed by atoms with Crippen LogP contribution in [0, 0.1) is 5.92 Å². The molecule has 0 aromatic carbocycles. The Morgan fingerprint density at radius 3 is 2.70 bits per heavy atom. The van der Waals surface area contributed by atoms with E-state index >= 15 is 0 Å². The van der Waals surface area contributed by atoms with Crippen LogP contribution >= 0.6 is 0 Å². The highest BCUT2D eigenvalue weighted by atomic mass is 16.6. The Morgan fingerprint density at radius 2 is 2.09 bits per heavy atom. The summed E-state index contributed by atoms with van der Waals surface area (Å²) in [5, 5.41) is 0. The molecule has 8 nitrogen and oxygen atoms in total. The zero-order chi connectivity index (χ0) is 16.9. The molecule has 1 aliphatic carbocycles. The zero-order valence-electron chi connectivity index (χ0n) is 13.0. The molecule has 0 spiro atoms. The Kier molecular flexibility index (Phi) is 3.44. The smallest absolute Gasteiger partial charge is 0.404 e. The van der Waals surface area contributed by atoms with Gasteiger partial charge in [-0.1, -0.05) is 0 Å². The SMILES string of the molecule is CO[C@]12CCCN1C1=C(C(=O)C(N)=C(C)C1=O)[C@H]2COC(N)=O. The fraction of sp³-hybridized carbons (Fsp3) is 0.533. The van der Waals surface area contributed by atoms with Crippen LogP contribution in [0.4, 0.5) is 4.79 Å². The first-order chi connectivity index (χ1) is 10.8. The summed E-state index contributed by atoms with van der Waals surface area (Å²) in [6, 6.07) is 0. The average Bonchev–Trinajstić information content (AvgIpc) is 3.04. The number of carbonyl (C=O) groups excluding carboxylic acids is 3. The van der Waals surface area contributed by atoms with E-state index in [1.54, 1.807) is 0 Å². The average molecular weight is 321 g/mol. The van der Waals surface area contributed by atoms with Gasteiger partial charge >= 0.3 is 6.09 Å². The monoisotopic (exact) mass is 321 g/mol. The first-order valence-corrected chi connectivity index (χ1v) is 7.40. The van der Waals surface area contributed by atoms with Gasteiger partial charge in [-0.05, 0) is 19.8 Å². The van der Waals surface area contributed by atoms with Gasteiger partial charge < -0.3 is 25.8 Å². The number of nitrogens with two attached hydrogens (primary N) is 2. The van der Waals surface area contributed by atoms with Gasteiger partial charge in [0.2, 0.25) is 11.6 Å². The molecule has 4 N–H and O–H groups in total. The molecule has 0 saturated carbocycles. The number of hydrogen-bond donors (Lipinski definition) is 2. The highest BCUT2D eigenvalue weighted by Gasteiger charge is 2.60. The first kappa shape index (κ1) is 15.5. The van der Waals surface area contributed by atoms with Crippen LogP contribution in [0.2, 0.25) is 0 Å². The number of hydrogen-bond acceptors (Lipinski definition) is 7. The van der Waals surface area contributed by atoms with Crippen LogP contribution in [-0.2, 0) is 19.1 Å². The summed E-state index contributed by atoms with van der Waals surface area (Å²) in [6.45, 7) is 1.99. The largest absolute Gasteiger partial charge is 0.449 e. The molecule has 0 unspecified atom stereocenters. The molecule has 0 radical (unpaired) electrons. The maximum absolute atomic E-state index is 12.7. The van der Waals surface area contributed by atoms with E-state index in [9.17, 15) is 14.4 Å². The highest BCUT2D eigenvalue weighted by molar-refractivity contribution is 6.25. The maximum atomic E-state index is 12.7. The topological polar surface area (TPSA) is 125 Å². The highest BCUT2D eigenvalue weighted by Crippen LogP contribution is 2.51. The third kappa shape index (κ3) is 1.91. The Labute approximate surface area is 133 Å². The van der Waals surface area contributed by atoms with Crippen molar-refractivity contribution in [2.24, 2.45) is 17.4 Å². The van der Waals surface area contributed by atoms with E-state index in [1.807, 2.05) is 4.90 Å². The molecular weight excluding hydrogens is 302 g/mol. The van der Waals surface area contributed by atoms with E-state index in [1.165, 1.54) is 14.0 Å². The standard InChI is InChI=1S/C15H19N3O5/c1-7-10(16)13(20)9-8(6-23-14(17)21)15(22-2)4-3-5-18(15)11(9)12(7)19/h8H,3-6,16H2,1-2H3,(H2,17,21)/t8-,15+/m1/s1. The van der Waals surface area contributed by atoms with Gasteiger partial charge in [-0.2, -0.15) is 0 Å². The molecule has 2 heterocycles.